The van der Waals surface area contributed by atoms with Crippen LogP contribution >= 0.6 is 11.8 Å². The summed E-state index contributed by atoms with van der Waals surface area (Å²) in [7, 11) is 1.85. The highest BCUT2D eigenvalue weighted by atomic mass is 32.2. The molecule has 0 unspecified atom stereocenters. The van der Waals surface area contributed by atoms with E-state index in [0.29, 0.717) is 16.5 Å². The highest BCUT2D eigenvalue weighted by Crippen LogP contribution is 2.18. The number of nitrogens with one attached hydrogen (secondary N) is 2. The number of hydrogen-bond donors (Lipinski definition) is 2. The van der Waals surface area contributed by atoms with Crippen LogP contribution in [0.5, 0.6) is 0 Å². The first-order valence-electron chi connectivity index (χ1n) is 6.62. The Balaban J connectivity index is 1.92. The van der Waals surface area contributed by atoms with E-state index in [1.165, 1.54) is 18.7 Å². The van der Waals surface area contributed by atoms with E-state index in [2.05, 4.69) is 20.8 Å². The molecule has 7 nitrogen and oxygen atoms in total. The molecule has 0 radical (unpaired) electrons. The lowest BCUT2D eigenvalue weighted by Crippen LogP contribution is -2.15. The zero-order valence-electron chi connectivity index (χ0n) is 12.6. The van der Waals surface area contributed by atoms with Crippen LogP contribution in [-0.4, -0.2) is 32.3 Å². The van der Waals surface area contributed by atoms with Crippen molar-refractivity contribution in [2.45, 2.75) is 19.0 Å². The van der Waals surface area contributed by atoms with Crippen molar-refractivity contribution >= 4 is 35.0 Å². The summed E-state index contributed by atoms with van der Waals surface area (Å²) in [5, 5.41) is 14.1. The van der Waals surface area contributed by atoms with E-state index >= 15 is 0 Å². The van der Waals surface area contributed by atoms with Crippen LogP contribution in [-0.2, 0) is 16.6 Å². The van der Waals surface area contributed by atoms with Crippen LogP contribution < -0.4 is 10.6 Å². The smallest absolute Gasteiger partial charge is 0.234 e. The molecule has 2 amide bonds. The molecule has 0 saturated heterocycles. The van der Waals surface area contributed by atoms with Gasteiger partial charge in [-0.2, -0.15) is 0 Å². The Morgan fingerprint density at radius 1 is 1.23 bits per heavy atom. The summed E-state index contributed by atoms with van der Waals surface area (Å²) >= 11 is 1.32. The lowest BCUT2D eigenvalue weighted by atomic mass is 10.2. The van der Waals surface area contributed by atoms with Crippen molar-refractivity contribution in [2.24, 2.45) is 7.05 Å². The SMILES string of the molecule is CC(=O)Nc1cccc(NC(=O)CSc2nnc(C)n2C)c1. The van der Waals surface area contributed by atoms with Gasteiger partial charge in [0.25, 0.3) is 0 Å². The molecule has 0 aliphatic rings. The minimum Gasteiger partial charge on any atom is -0.326 e. The molecule has 0 aliphatic carbocycles. The van der Waals surface area contributed by atoms with Gasteiger partial charge < -0.3 is 15.2 Å². The predicted molar refractivity (Wildman–Crippen MR) is 85.8 cm³/mol. The molecule has 1 heterocycles. The first-order chi connectivity index (χ1) is 10.5. The fraction of sp³-hybridized carbons (Fsp3) is 0.286. The zero-order chi connectivity index (χ0) is 16.1. The highest BCUT2D eigenvalue weighted by molar-refractivity contribution is 7.99. The Labute approximate surface area is 132 Å². The molecular weight excluding hydrogens is 302 g/mol. The minimum absolute atomic E-state index is 0.148. The maximum atomic E-state index is 12.0. The van der Waals surface area contributed by atoms with Crippen LogP contribution in [0.3, 0.4) is 0 Å². The second-order valence-electron chi connectivity index (χ2n) is 4.69. The molecule has 0 aliphatic heterocycles. The van der Waals surface area contributed by atoms with Gasteiger partial charge in [-0.25, -0.2) is 0 Å². The molecule has 2 aromatic rings. The average Bonchev–Trinajstić information content (AvgIpc) is 2.76. The number of benzene rings is 1. The van der Waals surface area contributed by atoms with Gasteiger partial charge in [0.15, 0.2) is 5.16 Å². The molecule has 0 spiro atoms. The van der Waals surface area contributed by atoms with Gasteiger partial charge in [0.2, 0.25) is 11.8 Å². The van der Waals surface area contributed by atoms with E-state index in [1.807, 2.05) is 18.5 Å². The average molecular weight is 319 g/mol. The zero-order valence-corrected chi connectivity index (χ0v) is 13.4. The van der Waals surface area contributed by atoms with Gasteiger partial charge in [0, 0.05) is 25.3 Å². The summed E-state index contributed by atoms with van der Waals surface area (Å²) in [5.41, 5.74) is 1.27. The molecule has 2 N–H and O–H groups in total. The number of thioether (sulfide) groups is 1. The Morgan fingerprint density at radius 3 is 2.50 bits per heavy atom. The summed E-state index contributed by atoms with van der Waals surface area (Å²) in [6.45, 7) is 3.29. The molecule has 1 aromatic carbocycles. The van der Waals surface area contributed by atoms with E-state index in [0.717, 1.165) is 5.82 Å². The number of aryl methyl sites for hydroxylation is 1. The first kappa shape index (κ1) is 16.0. The van der Waals surface area contributed by atoms with E-state index < -0.39 is 0 Å². The van der Waals surface area contributed by atoms with Crippen molar-refractivity contribution < 1.29 is 9.59 Å². The van der Waals surface area contributed by atoms with Crippen molar-refractivity contribution in [3.8, 4) is 0 Å². The van der Waals surface area contributed by atoms with Crippen molar-refractivity contribution in [3.63, 3.8) is 0 Å². The largest absolute Gasteiger partial charge is 0.326 e. The third-order valence-corrected chi connectivity index (χ3v) is 3.87. The molecule has 22 heavy (non-hydrogen) atoms. The second kappa shape index (κ2) is 7.08. The summed E-state index contributed by atoms with van der Waals surface area (Å²) in [6.07, 6.45) is 0. The van der Waals surface area contributed by atoms with Gasteiger partial charge in [0.1, 0.15) is 5.82 Å². The minimum atomic E-state index is -0.156. The molecule has 8 heteroatoms. The summed E-state index contributed by atoms with van der Waals surface area (Å²) in [5.74, 6) is 0.726. The van der Waals surface area contributed by atoms with Gasteiger partial charge >= 0.3 is 0 Å². The Hall–Kier alpha value is -2.35. The number of aromatic nitrogens is 3. The lowest BCUT2D eigenvalue weighted by Gasteiger charge is -2.07. The normalized spacial score (nSPS) is 10.3. The first-order valence-corrected chi connectivity index (χ1v) is 7.60. The molecule has 1 aromatic heterocycles. The fourth-order valence-electron chi connectivity index (χ4n) is 1.72. The molecule has 0 saturated carbocycles. The Morgan fingerprint density at radius 2 is 1.91 bits per heavy atom. The maximum Gasteiger partial charge on any atom is 0.234 e. The van der Waals surface area contributed by atoms with E-state index in [4.69, 9.17) is 0 Å². The fourth-order valence-corrected chi connectivity index (χ4v) is 2.48. The number of nitrogens with zero attached hydrogens (tertiary/aromatic N) is 3. The topological polar surface area (TPSA) is 88.9 Å². The number of rotatable bonds is 5. The monoisotopic (exact) mass is 319 g/mol. The summed E-state index contributed by atoms with van der Waals surface area (Å²) < 4.78 is 1.83. The van der Waals surface area contributed by atoms with E-state index in [1.54, 1.807) is 24.3 Å². The van der Waals surface area contributed by atoms with E-state index in [-0.39, 0.29) is 17.6 Å². The predicted octanol–water partition coefficient (Wildman–Crippen LogP) is 1.81. The number of carbonyl (C=O) groups excluding carboxylic acids is 2. The number of anilines is 2. The van der Waals surface area contributed by atoms with Gasteiger partial charge in [-0.3, -0.25) is 9.59 Å². The van der Waals surface area contributed by atoms with Gasteiger partial charge in [-0.05, 0) is 25.1 Å². The quantitative estimate of drug-likeness (QED) is 0.821. The maximum absolute atomic E-state index is 12.0. The van der Waals surface area contributed by atoms with Gasteiger partial charge in [0.05, 0.1) is 5.75 Å². The summed E-state index contributed by atoms with van der Waals surface area (Å²) in [6, 6.07) is 6.99. The van der Waals surface area contributed by atoms with E-state index in [9.17, 15) is 9.59 Å². The second-order valence-corrected chi connectivity index (χ2v) is 5.63. The third-order valence-electron chi connectivity index (χ3n) is 2.85. The Kier molecular flexibility index (Phi) is 5.16. The number of amides is 2. The summed E-state index contributed by atoms with van der Waals surface area (Å²) in [4.78, 5) is 23.0. The number of hydrogen-bond acceptors (Lipinski definition) is 5. The van der Waals surface area contributed by atoms with Crippen molar-refractivity contribution in [2.75, 3.05) is 16.4 Å². The van der Waals surface area contributed by atoms with Crippen molar-refractivity contribution in [1.29, 1.82) is 0 Å². The van der Waals surface area contributed by atoms with Crippen molar-refractivity contribution in [1.82, 2.24) is 14.8 Å². The van der Waals surface area contributed by atoms with Crippen LogP contribution in [0.15, 0.2) is 29.4 Å². The highest BCUT2D eigenvalue weighted by Gasteiger charge is 2.09. The molecule has 0 fully saturated rings. The number of carbonyl (C=O) groups is 2. The molecule has 2 rings (SSSR count). The van der Waals surface area contributed by atoms with Gasteiger partial charge in [-0.1, -0.05) is 17.8 Å². The third kappa shape index (κ3) is 4.32. The standard InChI is InChI=1S/C14H17N5O2S/c1-9-17-18-14(19(9)3)22-8-13(21)16-12-6-4-5-11(7-12)15-10(2)20/h4-7H,8H2,1-3H3,(H,15,20)(H,16,21). The molecular formula is C14H17N5O2S. The van der Waals surface area contributed by atoms with Gasteiger partial charge in [-0.15, -0.1) is 10.2 Å². The molecule has 0 bridgehead atoms. The molecule has 0 atom stereocenters. The van der Waals surface area contributed by atoms with Crippen LogP contribution in [0.25, 0.3) is 0 Å². The van der Waals surface area contributed by atoms with Crippen molar-refractivity contribution in [3.05, 3.63) is 30.1 Å². The van der Waals surface area contributed by atoms with Crippen LogP contribution in [0.1, 0.15) is 12.7 Å². The molecule has 116 valence electrons. The van der Waals surface area contributed by atoms with Crippen LogP contribution in [0.2, 0.25) is 0 Å². The lowest BCUT2D eigenvalue weighted by molar-refractivity contribution is -0.114. The Bertz CT molecular complexity index is 698. The van der Waals surface area contributed by atoms with Crippen LogP contribution in [0, 0.1) is 6.92 Å². The van der Waals surface area contributed by atoms with Crippen LogP contribution in [0.4, 0.5) is 11.4 Å².